The maximum Gasteiger partial charge on any atom is 0.161 e. The molecule has 0 fully saturated rings. The molecule has 0 bridgehead atoms. The van der Waals surface area contributed by atoms with Crippen LogP contribution in [0.25, 0.3) is 0 Å². The van der Waals surface area contributed by atoms with Gasteiger partial charge in [-0.2, -0.15) is 0 Å². The monoisotopic (exact) mass is 412 g/mol. The van der Waals surface area contributed by atoms with Gasteiger partial charge in [-0.05, 0) is 79.4 Å². The topological polar surface area (TPSA) is 43.0 Å². The zero-order valence-electron chi connectivity index (χ0n) is 19.2. The number of nitrogens with one attached hydrogen (secondary N) is 1. The van der Waals surface area contributed by atoms with Gasteiger partial charge < -0.3 is 24.4 Å². The molecule has 0 saturated heterocycles. The number of ether oxygens (including phenoxy) is 3. The first-order valence-electron chi connectivity index (χ1n) is 10.8. The fourth-order valence-corrected chi connectivity index (χ4v) is 4.08. The van der Waals surface area contributed by atoms with Crippen molar-refractivity contribution < 1.29 is 14.2 Å². The van der Waals surface area contributed by atoms with E-state index in [0.717, 1.165) is 43.2 Å². The van der Waals surface area contributed by atoms with Gasteiger partial charge in [-0.25, -0.2) is 0 Å². The van der Waals surface area contributed by atoms with Crippen LogP contribution in [0.1, 0.15) is 54.5 Å². The maximum absolute atomic E-state index is 6.13. The smallest absolute Gasteiger partial charge is 0.161 e. The molecule has 164 valence electrons. The summed E-state index contributed by atoms with van der Waals surface area (Å²) in [7, 11) is 7.61. The van der Waals surface area contributed by atoms with Crippen LogP contribution < -0.4 is 19.5 Å². The zero-order valence-corrected chi connectivity index (χ0v) is 19.2. The molecule has 0 aromatic heterocycles. The van der Waals surface area contributed by atoms with Gasteiger partial charge in [0.05, 0.1) is 26.9 Å². The van der Waals surface area contributed by atoms with E-state index in [2.05, 4.69) is 68.5 Å². The molecule has 2 aromatic carbocycles. The van der Waals surface area contributed by atoms with Crippen LogP contribution in [0.5, 0.6) is 17.2 Å². The summed E-state index contributed by atoms with van der Waals surface area (Å²) in [4.78, 5) is 2.17. The van der Waals surface area contributed by atoms with Crippen molar-refractivity contribution in [3.8, 4) is 17.2 Å². The molecule has 1 atom stereocenters. The average Bonchev–Trinajstić information content (AvgIpc) is 2.75. The maximum atomic E-state index is 6.13. The van der Waals surface area contributed by atoms with Crippen LogP contribution in [0, 0.1) is 0 Å². The Bertz CT molecular complexity index is 849. The van der Waals surface area contributed by atoms with E-state index in [1.54, 1.807) is 14.2 Å². The third kappa shape index (κ3) is 5.08. The van der Waals surface area contributed by atoms with Gasteiger partial charge in [-0.15, -0.1) is 0 Å². The molecule has 0 aliphatic carbocycles. The lowest BCUT2D eigenvalue weighted by molar-refractivity contribution is 0.267. The lowest BCUT2D eigenvalue weighted by Crippen LogP contribution is -2.30. The summed E-state index contributed by atoms with van der Waals surface area (Å²) >= 11 is 0. The summed E-state index contributed by atoms with van der Waals surface area (Å²) in [5.41, 5.74) is 5.07. The molecule has 0 amide bonds. The molecular formula is C25H36N2O3. The van der Waals surface area contributed by atoms with Gasteiger partial charge in [0.25, 0.3) is 0 Å². The van der Waals surface area contributed by atoms with Crippen LogP contribution in [-0.4, -0.2) is 52.9 Å². The first-order valence-corrected chi connectivity index (χ1v) is 10.8. The minimum atomic E-state index is 0.132. The van der Waals surface area contributed by atoms with Crippen molar-refractivity contribution in [1.82, 2.24) is 10.2 Å². The second-order valence-electron chi connectivity index (χ2n) is 8.50. The summed E-state index contributed by atoms with van der Waals surface area (Å²) in [5, 5.41) is 3.70. The minimum absolute atomic E-state index is 0.132. The summed E-state index contributed by atoms with van der Waals surface area (Å²) in [6, 6.07) is 11.0. The molecule has 0 saturated carbocycles. The first-order chi connectivity index (χ1) is 14.4. The Labute approximate surface area is 181 Å². The number of fused-ring (bicyclic) bond motifs is 1. The van der Waals surface area contributed by atoms with E-state index in [4.69, 9.17) is 14.2 Å². The molecular weight excluding hydrogens is 376 g/mol. The van der Waals surface area contributed by atoms with Crippen molar-refractivity contribution in [2.45, 2.75) is 38.6 Å². The van der Waals surface area contributed by atoms with Crippen LogP contribution in [0.4, 0.5) is 0 Å². The molecule has 2 aromatic rings. The highest BCUT2D eigenvalue weighted by atomic mass is 16.5. The van der Waals surface area contributed by atoms with E-state index in [1.807, 2.05) is 0 Å². The van der Waals surface area contributed by atoms with E-state index in [9.17, 15) is 0 Å². The summed E-state index contributed by atoms with van der Waals surface area (Å²) in [5.74, 6) is 2.98. The fraction of sp³-hybridized carbons (Fsp3) is 0.520. The Morgan fingerprint density at radius 2 is 1.80 bits per heavy atom. The van der Waals surface area contributed by atoms with Crippen molar-refractivity contribution in [3.05, 3.63) is 52.6 Å². The largest absolute Gasteiger partial charge is 0.496 e. The van der Waals surface area contributed by atoms with Gasteiger partial charge in [-0.1, -0.05) is 19.9 Å². The van der Waals surface area contributed by atoms with Gasteiger partial charge in [0.15, 0.2) is 11.5 Å². The highest BCUT2D eigenvalue weighted by molar-refractivity contribution is 5.52. The second kappa shape index (κ2) is 10.2. The zero-order chi connectivity index (χ0) is 21.7. The molecule has 30 heavy (non-hydrogen) atoms. The van der Waals surface area contributed by atoms with E-state index in [1.165, 1.54) is 22.3 Å². The van der Waals surface area contributed by atoms with Crippen molar-refractivity contribution in [2.75, 3.05) is 48.0 Å². The molecule has 1 N–H and O–H groups in total. The SMILES string of the molecule is COc1cc2c(cc1OCCCN(C)C)C(c1ccc(OC)c(C(C)C)c1)NCC2. The van der Waals surface area contributed by atoms with Gasteiger partial charge in [0.2, 0.25) is 0 Å². The van der Waals surface area contributed by atoms with E-state index >= 15 is 0 Å². The Morgan fingerprint density at radius 1 is 1.03 bits per heavy atom. The molecule has 1 aliphatic heterocycles. The molecule has 1 unspecified atom stereocenters. The predicted molar refractivity (Wildman–Crippen MR) is 122 cm³/mol. The van der Waals surface area contributed by atoms with E-state index in [0.29, 0.717) is 12.5 Å². The molecule has 0 spiro atoms. The van der Waals surface area contributed by atoms with Gasteiger partial charge in [-0.3, -0.25) is 0 Å². The summed E-state index contributed by atoms with van der Waals surface area (Å²) in [6.07, 6.45) is 1.96. The fourth-order valence-electron chi connectivity index (χ4n) is 4.08. The molecule has 0 radical (unpaired) electrons. The molecule has 5 heteroatoms. The third-order valence-corrected chi connectivity index (χ3v) is 5.70. The molecule has 1 aliphatic rings. The number of rotatable bonds is 9. The van der Waals surface area contributed by atoms with Gasteiger partial charge >= 0.3 is 0 Å². The lowest BCUT2D eigenvalue weighted by atomic mass is 9.87. The Hall–Kier alpha value is -2.24. The first kappa shape index (κ1) is 22.4. The average molecular weight is 413 g/mol. The van der Waals surface area contributed by atoms with Crippen molar-refractivity contribution >= 4 is 0 Å². The standard InChI is InChI=1S/C25H36N2O3/c1-17(2)20-14-19(8-9-22(20)28-5)25-21-16-24(30-13-7-12-27(3)4)23(29-6)15-18(21)10-11-26-25/h8-9,14-17,25-26H,7,10-13H2,1-6H3. The minimum Gasteiger partial charge on any atom is -0.496 e. The summed E-state index contributed by atoms with van der Waals surface area (Å²) < 4.78 is 17.3. The Morgan fingerprint density at radius 3 is 2.47 bits per heavy atom. The van der Waals surface area contributed by atoms with Gasteiger partial charge in [0, 0.05) is 13.1 Å². The number of hydrogen-bond acceptors (Lipinski definition) is 5. The van der Waals surface area contributed by atoms with E-state index < -0.39 is 0 Å². The van der Waals surface area contributed by atoms with Crippen LogP contribution in [0.3, 0.4) is 0 Å². The van der Waals surface area contributed by atoms with Crippen LogP contribution in [0.15, 0.2) is 30.3 Å². The van der Waals surface area contributed by atoms with Crippen molar-refractivity contribution in [2.24, 2.45) is 0 Å². The molecule has 5 nitrogen and oxygen atoms in total. The lowest BCUT2D eigenvalue weighted by Gasteiger charge is -2.29. The quantitative estimate of drug-likeness (QED) is 0.619. The van der Waals surface area contributed by atoms with Crippen LogP contribution >= 0.6 is 0 Å². The van der Waals surface area contributed by atoms with Crippen LogP contribution in [-0.2, 0) is 6.42 Å². The summed E-state index contributed by atoms with van der Waals surface area (Å²) in [6.45, 7) is 7.02. The van der Waals surface area contributed by atoms with E-state index in [-0.39, 0.29) is 6.04 Å². The molecule has 3 rings (SSSR count). The van der Waals surface area contributed by atoms with Crippen molar-refractivity contribution in [1.29, 1.82) is 0 Å². The van der Waals surface area contributed by atoms with Crippen LogP contribution in [0.2, 0.25) is 0 Å². The molecule has 1 heterocycles. The number of methoxy groups -OCH3 is 2. The predicted octanol–water partition coefficient (Wildman–Crippen LogP) is 4.39. The number of nitrogens with zero attached hydrogens (tertiary/aromatic N) is 1. The highest BCUT2D eigenvalue weighted by Gasteiger charge is 2.25. The number of benzene rings is 2. The third-order valence-electron chi connectivity index (χ3n) is 5.70. The normalized spacial score (nSPS) is 15.9. The Balaban J connectivity index is 1.92. The number of hydrogen-bond donors (Lipinski definition) is 1. The second-order valence-corrected chi connectivity index (χ2v) is 8.50. The highest BCUT2D eigenvalue weighted by Crippen LogP contribution is 2.39. The van der Waals surface area contributed by atoms with Crippen molar-refractivity contribution in [3.63, 3.8) is 0 Å². The Kier molecular flexibility index (Phi) is 7.62. The van der Waals surface area contributed by atoms with Gasteiger partial charge in [0.1, 0.15) is 5.75 Å².